The van der Waals surface area contributed by atoms with E-state index in [4.69, 9.17) is 5.73 Å². The second kappa shape index (κ2) is 4.57. The van der Waals surface area contributed by atoms with Gasteiger partial charge in [0.05, 0.1) is 16.6 Å². The zero-order valence-electron chi connectivity index (χ0n) is 8.81. The number of anilines is 1. The highest BCUT2D eigenvalue weighted by atomic mass is 79.9. The Labute approximate surface area is 102 Å². The third-order valence-corrected chi connectivity index (χ3v) is 3.13. The Morgan fingerprint density at radius 1 is 1.31 bits per heavy atom. The third kappa shape index (κ3) is 2.36. The molecule has 0 spiro atoms. The van der Waals surface area contributed by atoms with E-state index in [1.807, 2.05) is 25.1 Å². The van der Waals surface area contributed by atoms with Crippen molar-refractivity contribution in [2.45, 2.75) is 13.3 Å². The van der Waals surface area contributed by atoms with Crippen molar-refractivity contribution < 1.29 is 0 Å². The van der Waals surface area contributed by atoms with Gasteiger partial charge in [-0.25, -0.2) is 9.97 Å². The standard InChI is InChI=1S/C11H11BrN4/c1-7-10(12)11(13)16-9(15-7)6-8-4-2-3-5-14-8/h2-5H,6H2,1H3,(H2,13,15,16). The van der Waals surface area contributed by atoms with Crippen molar-refractivity contribution in [3.05, 3.63) is 46.1 Å². The molecule has 2 heterocycles. The van der Waals surface area contributed by atoms with Gasteiger partial charge in [-0.1, -0.05) is 6.07 Å². The highest BCUT2D eigenvalue weighted by Crippen LogP contribution is 2.20. The van der Waals surface area contributed by atoms with Gasteiger partial charge in [-0.3, -0.25) is 4.98 Å². The number of aromatic nitrogens is 3. The van der Waals surface area contributed by atoms with E-state index in [2.05, 4.69) is 30.9 Å². The number of halogens is 1. The molecule has 0 radical (unpaired) electrons. The maximum Gasteiger partial charge on any atom is 0.141 e. The molecule has 0 aliphatic rings. The quantitative estimate of drug-likeness (QED) is 0.914. The average Bonchev–Trinajstić information content (AvgIpc) is 2.27. The molecule has 0 aliphatic heterocycles. The zero-order valence-corrected chi connectivity index (χ0v) is 10.4. The first-order valence-electron chi connectivity index (χ1n) is 4.85. The van der Waals surface area contributed by atoms with Gasteiger partial charge in [0.15, 0.2) is 0 Å². The first-order valence-corrected chi connectivity index (χ1v) is 5.64. The van der Waals surface area contributed by atoms with Crippen LogP contribution in [-0.4, -0.2) is 15.0 Å². The summed E-state index contributed by atoms with van der Waals surface area (Å²) in [4.78, 5) is 12.8. The van der Waals surface area contributed by atoms with Crippen molar-refractivity contribution >= 4 is 21.7 Å². The van der Waals surface area contributed by atoms with Crippen molar-refractivity contribution in [3.63, 3.8) is 0 Å². The van der Waals surface area contributed by atoms with E-state index in [0.29, 0.717) is 18.1 Å². The molecule has 2 aromatic rings. The van der Waals surface area contributed by atoms with Crippen LogP contribution in [0.2, 0.25) is 0 Å². The molecule has 82 valence electrons. The fourth-order valence-electron chi connectivity index (χ4n) is 1.38. The van der Waals surface area contributed by atoms with Crippen LogP contribution in [0.5, 0.6) is 0 Å². The maximum atomic E-state index is 5.76. The van der Waals surface area contributed by atoms with E-state index in [0.717, 1.165) is 15.9 Å². The number of nitrogens with zero attached hydrogens (tertiary/aromatic N) is 3. The lowest BCUT2D eigenvalue weighted by Gasteiger charge is -2.05. The Hall–Kier alpha value is -1.49. The Morgan fingerprint density at radius 2 is 2.12 bits per heavy atom. The Morgan fingerprint density at radius 3 is 2.75 bits per heavy atom. The smallest absolute Gasteiger partial charge is 0.141 e. The predicted octanol–water partition coefficient (Wildman–Crippen LogP) is 2.12. The second-order valence-electron chi connectivity index (χ2n) is 3.42. The minimum Gasteiger partial charge on any atom is -0.383 e. The Balaban J connectivity index is 2.29. The van der Waals surface area contributed by atoms with Gasteiger partial charge in [-0.15, -0.1) is 0 Å². The summed E-state index contributed by atoms with van der Waals surface area (Å²) in [5.74, 6) is 1.16. The summed E-state index contributed by atoms with van der Waals surface area (Å²) in [6, 6.07) is 5.76. The van der Waals surface area contributed by atoms with Crippen LogP contribution in [0.3, 0.4) is 0 Å². The monoisotopic (exact) mass is 278 g/mol. The summed E-state index contributed by atoms with van der Waals surface area (Å²) in [6.45, 7) is 1.89. The molecule has 2 aromatic heterocycles. The first kappa shape index (κ1) is 11.0. The van der Waals surface area contributed by atoms with Crippen molar-refractivity contribution in [1.82, 2.24) is 15.0 Å². The molecule has 0 unspecified atom stereocenters. The van der Waals surface area contributed by atoms with Gasteiger partial charge in [0.1, 0.15) is 11.6 Å². The van der Waals surface area contributed by atoms with Crippen molar-refractivity contribution in [1.29, 1.82) is 0 Å². The lowest BCUT2D eigenvalue weighted by molar-refractivity contribution is 0.915. The molecule has 2 N–H and O–H groups in total. The van der Waals surface area contributed by atoms with Gasteiger partial charge < -0.3 is 5.73 Å². The molecular formula is C11H11BrN4. The van der Waals surface area contributed by atoms with Crippen LogP contribution in [-0.2, 0) is 6.42 Å². The van der Waals surface area contributed by atoms with Crippen molar-refractivity contribution in [2.24, 2.45) is 0 Å². The molecular weight excluding hydrogens is 268 g/mol. The highest BCUT2D eigenvalue weighted by molar-refractivity contribution is 9.10. The van der Waals surface area contributed by atoms with E-state index >= 15 is 0 Å². The van der Waals surface area contributed by atoms with Gasteiger partial charge in [0.2, 0.25) is 0 Å². The van der Waals surface area contributed by atoms with Gasteiger partial charge in [0, 0.05) is 11.9 Å². The molecule has 0 amide bonds. The molecule has 0 saturated carbocycles. The van der Waals surface area contributed by atoms with Crippen LogP contribution >= 0.6 is 15.9 Å². The molecule has 2 rings (SSSR count). The molecule has 0 aromatic carbocycles. The normalized spacial score (nSPS) is 10.4. The second-order valence-corrected chi connectivity index (χ2v) is 4.22. The minimum atomic E-state index is 0.471. The van der Waals surface area contributed by atoms with E-state index in [1.165, 1.54) is 0 Å². The average molecular weight is 279 g/mol. The summed E-state index contributed by atoms with van der Waals surface area (Å²) >= 11 is 3.33. The fraction of sp³-hybridized carbons (Fsp3) is 0.182. The molecule has 0 aliphatic carbocycles. The summed E-state index contributed by atoms with van der Waals surface area (Å²) in [6.07, 6.45) is 2.35. The van der Waals surface area contributed by atoms with E-state index in [9.17, 15) is 0 Å². The molecule has 0 fully saturated rings. The minimum absolute atomic E-state index is 0.471. The van der Waals surface area contributed by atoms with Crippen LogP contribution < -0.4 is 5.73 Å². The number of pyridine rings is 1. The Bertz CT molecular complexity index is 476. The lowest BCUT2D eigenvalue weighted by Crippen LogP contribution is -2.04. The highest BCUT2D eigenvalue weighted by Gasteiger charge is 2.07. The van der Waals surface area contributed by atoms with Crippen LogP contribution in [0.4, 0.5) is 5.82 Å². The molecule has 0 bridgehead atoms. The van der Waals surface area contributed by atoms with E-state index in [1.54, 1.807) is 6.20 Å². The number of hydrogen-bond donors (Lipinski definition) is 1. The van der Waals surface area contributed by atoms with Crippen LogP contribution in [0.25, 0.3) is 0 Å². The summed E-state index contributed by atoms with van der Waals surface area (Å²) in [5, 5.41) is 0. The molecule has 16 heavy (non-hydrogen) atoms. The van der Waals surface area contributed by atoms with Crippen LogP contribution in [0, 0.1) is 6.92 Å². The van der Waals surface area contributed by atoms with Crippen LogP contribution in [0.1, 0.15) is 17.2 Å². The summed E-state index contributed by atoms with van der Waals surface area (Å²) in [7, 11) is 0. The Kier molecular flexibility index (Phi) is 3.14. The fourth-order valence-corrected chi connectivity index (χ4v) is 1.56. The van der Waals surface area contributed by atoms with Gasteiger partial charge in [-0.2, -0.15) is 0 Å². The maximum absolute atomic E-state index is 5.76. The number of hydrogen-bond acceptors (Lipinski definition) is 4. The predicted molar refractivity (Wildman–Crippen MR) is 65.9 cm³/mol. The van der Waals surface area contributed by atoms with Gasteiger partial charge in [0.25, 0.3) is 0 Å². The number of nitrogens with two attached hydrogens (primary N) is 1. The zero-order chi connectivity index (χ0) is 11.5. The summed E-state index contributed by atoms with van der Waals surface area (Å²) < 4.78 is 0.761. The molecule has 4 nitrogen and oxygen atoms in total. The van der Waals surface area contributed by atoms with Gasteiger partial charge >= 0.3 is 0 Å². The number of nitrogen functional groups attached to an aromatic ring is 1. The van der Waals surface area contributed by atoms with Crippen molar-refractivity contribution in [3.8, 4) is 0 Å². The van der Waals surface area contributed by atoms with E-state index < -0.39 is 0 Å². The molecule has 0 atom stereocenters. The molecule has 5 heteroatoms. The van der Waals surface area contributed by atoms with Gasteiger partial charge in [-0.05, 0) is 35.0 Å². The molecule has 0 saturated heterocycles. The van der Waals surface area contributed by atoms with Crippen LogP contribution in [0.15, 0.2) is 28.9 Å². The third-order valence-electron chi connectivity index (χ3n) is 2.15. The lowest BCUT2D eigenvalue weighted by atomic mass is 10.2. The largest absolute Gasteiger partial charge is 0.383 e. The number of rotatable bonds is 2. The van der Waals surface area contributed by atoms with Crippen molar-refractivity contribution in [2.75, 3.05) is 5.73 Å². The first-order chi connectivity index (χ1) is 7.66. The number of aryl methyl sites for hydroxylation is 1. The SMILES string of the molecule is Cc1nc(Cc2ccccn2)nc(N)c1Br. The summed E-state index contributed by atoms with van der Waals surface area (Å²) in [5.41, 5.74) is 7.54. The topological polar surface area (TPSA) is 64.7 Å². The van der Waals surface area contributed by atoms with E-state index in [-0.39, 0.29) is 0 Å².